The van der Waals surface area contributed by atoms with Crippen LogP contribution >= 0.6 is 0 Å². The monoisotopic (exact) mass is 354 g/mol. The number of nitrogens with zero attached hydrogens (tertiary/aromatic N) is 2. The Morgan fingerprint density at radius 1 is 1.16 bits per heavy atom. The molecule has 1 aliphatic heterocycles. The maximum atomic E-state index is 11.9. The van der Waals surface area contributed by atoms with Crippen LogP contribution < -0.4 is 10.6 Å². The SMILES string of the molecule is CCNC(=NCCNC(=O)C(C)(C)C)N1CCC(C(=O)OCC)CC1. The number of ether oxygens (including phenoxy) is 1. The van der Waals surface area contributed by atoms with E-state index in [1.807, 2.05) is 34.6 Å². The molecule has 7 heteroatoms. The predicted octanol–water partition coefficient (Wildman–Crippen LogP) is 1.39. The average molecular weight is 354 g/mol. The highest BCUT2D eigenvalue weighted by Crippen LogP contribution is 2.18. The van der Waals surface area contributed by atoms with Crippen molar-refractivity contribution in [2.24, 2.45) is 16.3 Å². The maximum absolute atomic E-state index is 11.9. The largest absolute Gasteiger partial charge is 0.466 e. The van der Waals surface area contributed by atoms with Crippen molar-refractivity contribution in [3.63, 3.8) is 0 Å². The number of aliphatic imine (C=N–C) groups is 1. The molecule has 1 amide bonds. The van der Waals surface area contributed by atoms with Gasteiger partial charge in [-0.1, -0.05) is 20.8 Å². The zero-order valence-corrected chi connectivity index (χ0v) is 16.4. The Morgan fingerprint density at radius 2 is 1.80 bits per heavy atom. The van der Waals surface area contributed by atoms with Gasteiger partial charge in [0.1, 0.15) is 0 Å². The first kappa shape index (κ1) is 21.3. The molecule has 1 rings (SSSR count). The summed E-state index contributed by atoms with van der Waals surface area (Å²) in [5.74, 6) is 0.775. The molecular weight excluding hydrogens is 320 g/mol. The zero-order valence-electron chi connectivity index (χ0n) is 16.4. The molecule has 25 heavy (non-hydrogen) atoms. The van der Waals surface area contributed by atoms with Crippen LogP contribution in [0.1, 0.15) is 47.5 Å². The minimum atomic E-state index is -0.386. The van der Waals surface area contributed by atoms with Crippen LogP contribution in [0.3, 0.4) is 0 Å². The van der Waals surface area contributed by atoms with Crippen LogP contribution in [-0.4, -0.2) is 62.1 Å². The van der Waals surface area contributed by atoms with Crippen molar-refractivity contribution in [2.45, 2.75) is 47.5 Å². The number of nitrogens with one attached hydrogen (secondary N) is 2. The summed E-state index contributed by atoms with van der Waals surface area (Å²) in [5.41, 5.74) is -0.386. The zero-order chi connectivity index (χ0) is 18.9. The number of hydrogen-bond acceptors (Lipinski definition) is 4. The number of amides is 1. The molecule has 0 atom stereocenters. The number of hydrogen-bond donors (Lipinski definition) is 2. The molecule has 0 bridgehead atoms. The lowest BCUT2D eigenvalue weighted by atomic mass is 9.96. The van der Waals surface area contributed by atoms with Gasteiger partial charge >= 0.3 is 5.97 Å². The van der Waals surface area contributed by atoms with Gasteiger partial charge in [0.2, 0.25) is 5.91 Å². The van der Waals surface area contributed by atoms with Crippen LogP contribution in [0.25, 0.3) is 0 Å². The number of likely N-dealkylation sites (tertiary alicyclic amines) is 1. The fraction of sp³-hybridized carbons (Fsp3) is 0.833. The highest BCUT2D eigenvalue weighted by Gasteiger charge is 2.27. The van der Waals surface area contributed by atoms with Gasteiger partial charge in [-0.2, -0.15) is 0 Å². The normalized spacial score (nSPS) is 16.5. The fourth-order valence-corrected chi connectivity index (χ4v) is 2.61. The summed E-state index contributed by atoms with van der Waals surface area (Å²) < 4.78 is 5.11. The van der Waals surface area contributed by atoms with E-state index in [-0.39, 0.29) is 23.2 Å². The van der Waals surface area contributed by atoms with Crippen molar-refractivity contribution in [3.8, 4) is 0 Å². The van der Waals surface area contributed by atoms with E-state index in [1.165, 1.54) is 0 Å². The van der Waals surface area contributed by atoms with Crippen molar-refractivity contribution >= 4 is 17.8 Å². The van der Waals surface area contributed by atoms with E-state index in [1.54, 1.807) is 0 Å². The Balaban J connectivity index is 2.48. The Kier molecular flexibility index (Phi) is 8.72. The van der Waals surface area contributed by atoms with Crippen molar-refractivity contribution in [2.75, 3.05) is 39.3 Å². The lowest BCUT2D eigenvalue weighted by Crippen LogP contribution is -2.47. The highest BCUT2D eigenvalue weighted by molar-refractivity contribution is 5.82. The first-order valence-corrected chi connectivity index (χ1v) is 9.27. The minimum Gasteiger partial charge on any atom is -0.466 e. The third-order valence-electron chi connectivity index (χ3n) is 4.09. The predicted molar refractivity (Wildman–Crippen MR) is 99.4 cm³/mol. The summed E-state index contributed by atoms with van der Waals surface area (Å²) in [6, 6.07) is 0. The van der Waals surface area contributed by atoms with Crippen LogP contribution in [0.15, 0.2) is 4.99 Å². The molecule has 0 spiro atoms. The van der Waals surface area contributed by atoms with Gasteiger partial charge in [0.05, 0.1) is 19.1 Å². The molecule has 0 aromatic rings. The fourth-order valence-electron chi connectivity index (χ4n) is 2.61. The number of carbonyl (C=O) groups excluding carboxylic acids is 2. The summed E-state index contributed by atoms with van der Waals surface area (Å²) in [7, 11) is 0. The molecule has 0 aromatic heterocycles. The Hall–Kier alpha value is -1.79. The first-order chi connectivity index (χ1) is 11.8. The molecule has 0 radical (unpaired) electrons. The number of rotatable bonds is 6. The van der Waals surface area contributed by atoms with E-state index < -0.39 is 0 Å². The lowest BCUT2D eigenvalue weighted by molar-refractivity contribution is -0.149. The number of piperidine rings is 1. The van der Waals surface area contributed by atoms with Gasteiger partial charge in [-0.05, 0) is 26.7 Å². The molecule has 2 N–H and O–H groups in total. The Bertz CT molecular complexity index is 463. The molecule has 0 aliphatic carbocycles. The van der Waals surface area contributed by atoms with E-state index in [9.17, 15) is 9.59 Å². The quantitative estimate of drug-likeness (QED) is 0.326. The number of esters is 1. The third kappa shape index (κ3) is 7.32. The van der Waals surface area contributed by atoms with E-state index in [0.717, 1.165) is 38.4 Å². The smallest absolute Gasteiger partial charge is 0.309 e. The first-order valence-electron chi connectivity index (χ1n) is 9.27. The highest BCUT2D eigenvalue weighted by atomic mass is 16.5. The summed E-state index contributed by atoms with van der Waals surface area (Å²) in [6.45, 7) is 13.4. The van der Waals surface area contributed by atoms with Crippen molar-refractivity contribution in [1.82, 2.24) is 15.5 Å². The van der Waals surface area contributed by atoms with Crippen LogP contribution in [0.4, 0.5) is 0 Å². The Labute approximate surface area is 151 Å². The lowest BCUT2D eigenvalue weighted by Gasteiger charge is -2.33. The number of carbonyl (C=O) groups is 2. The standard InChI is InChI=1S/C18H34N4O3/c1-6-19-17(21-11-10-20-16(24)18(3,4)5)22-12-8-14(9-13-22)15(23)25-7-2/h14H,6-13H2,1-5H3,(H,19,21)(H,20,24). The van der Waals surface area contributed by atoms with Crippen LogP contribution in [-0.2, 0) is 14.3 Å². The van der Waals surface area contributed by atoms with Crippen molar-refractivity contribution in [3.05, 3.63) is 0 Å². The second kappa shape index (κ2) is 10.3. The van der Waals surface area contributed by atoms with Gasteiger partial charge in [0.25, 0.3) is 0 Å². The van der Waals surface area contributed by atoms with E-state index in [0.29, 0.717) is 19.7 Å². The Morgan fingerprint density at radius 3 is 2.32 bits per heavy atom. The van der Waals surface area contributed by atoms with Gasteiger partial charge in [-0.15, -0.1) is 0 Å². The molecule has 1 saturated heterocycles. The molecule has 0 saturated carbocycles. The number of guanidine groups is 1. The van der Waals surface area contributed by atoms with E-state index >= 15 is 0 Å². The molecule has 0 unspecified atom stereocenters. The van der Waals surface area contributed by atoms with E-state index in [2.05, 4.69) is 20.5 Å². The molecule has 7 nitrogen and oxygen atoms in total. The minimum absolute atomic E-state index is 0.00912. The van der Waals surface area contributed by atoms with Gasteiger partial charge in [-0.3, -0.25) is 14.6 Å². The van der Waals surface area contributed by atoms with Gasteiger partial charge < -0.3 is 20.3 Å². The molecule has 1 aliphatic rings. The van der Waals surface area contributed by atoms with E-state index in [4.69, 9.17) is 4.74 Å². The van der Waals surface area contributed by atoms with Crippen LogP contribution in [0.2, 0.25) is 0 Å². The average Bonchev–Trinajstić information content (AvgIpc) is 2.57. The molecular formula is C18H34N4O3. The second-order valence-corrected chi connectivity index (χ2v) is 7.25. The van der Waals surface area contributed by atoms with Crippen molar-refractivity contribution in [1.29, 1.82) is 0 Å². The molecule has 1 fully saturated rings. The summed E-state index contributed by atoms with van der Waals surface area (Å²) >= 11 is 0. The molecule has 144 valence electrons. The summed E-state index contributed by atoms with van der Waals surface area (Å²) in [5, 5.41) is 6.19. The van der Waals surface area contributed by atoms with Crippen LogP contribution in [0, 0.1) is 11.3 Å². The summed E-state index contributed by atoms with van der Waals surface area (Å²) in [4.78, 5) is 30.5. The van der Waals surface area contributed by atoms with Crippen LogP contribution in [0.5, 0.6) is 0 Å². The maximum Gasteiger partial charge on any atom is 0.309 e. The molecule has 0 aromatic carbocycles. The third-order valence-corrected chi connectivity index (χ3v) is 4.09. The topological polar surface area (TPSA) is 83.0 Å². The summed E-state index contributed by atoms with van der Waals surface area (Å²) in [6.07, 6.45) is 1.56. The second-order valence-electron chi connectivity index (χ2n) is 7.25. The van der Waals surface area contributed by atoms with Gasteiger partial charge in [0.15, 0.2) is 5.96 Å². The molecule has 1 heterocycles. The van der Waals surface area contributed by atoms with Gasteiger partial charge in [0, 0.05) is 31.6 Å². The van der Waals surface area contributed by atoms with Crippen molar-refractivity contribution < 1.29 is 14.3 Å². The van der Waals surface area contributed by atoms with Gasteiger partial charge in [-0.25, -0.2) is 0 Å².